The van der Waals surface area contributed by atoms with Gasteiger partial charge in [-0.1, -0.05) is 0 Å². The minimum absolute atomic E-state index is 0.0367. The maximum Gasteiger partial charge on any atom is 0.248 e. The first-order chi connectivity index (χ1) is 10.6. The molecule has 22 heavy (non-hydrogen) atoms. The topological polar surface area (TPSA) is 54.9 Å². The highest BCUT2D eigenvalue weighted by molar-refractivity contribution is 5.77. The molecule has 1 fully saturated rings. The minimum Gasteiger partial charge on any atom is -0.375 e. The molecular weight excluding hydrogens is 282 g/mol. The molecule has 1 aliphatic heterocycles. The predicted molar refractivity (Wildman–Crippen MR) is 85.1 cm³/mol. The Kier molecular flexibility index (Phi) is 6.15. The average Bonchev–Trinajstić information content (AvgIpc) is 2.54. The lowest BCUT2D eigenvalue weighted by molar-refractivity contribution is -0.142. The van der Waals surface area contributed by atoms with Crippen molar-refractivity contribution in [2.75, 3.05) is 52.4 Å². The number of ether oxygens (including phenoxy) is 2. The second kappa shape index (κ2) is 8.10. The Balaban J connectivity index is 1.86. The van der Waals surface area contributed by atoms with Crippen molar-refractivity contribution < 1.29 is 14.3 Å². The molecule has 0 aromatic carbocycles. The van der Waals surface area contributed by atoms with Gasteiger partial charge in [-0.15, -0.1) is 0 Å². The number of hydrogen-bond acceptors (Lipinski definition) is 5. The van der Waals surface area contributed by atoms with Gasteiger partial charge in [0.2, 0.25) is 5.91 Å². The van der Waals surface area contributed by atoms with E-state index in [2.05, 4.69) is 11.1 Å². The molecule has 1 amide bonds. The third kappa shape index (κ3) is 4.68. The highest BCUT2D eigenvalue weighted by Crippen LogP contribution is 2.15. The summed E-state index contributed by atoms with van der Waals surface area (Å²) in [6.45, 7) is 2.04. The van der Waals surface area contributed by atoms with Crippen LogP contribution in [0.25, 0.3) is 0 Å². The molecule has 0 spiro atoms. The van der Waals surface area contributed by atoms with Crippen LogP contribution >= 0.6 is 0 Å². The molecule has 0 bridgehead atoms. The van der Waals surface area contributed by atoms with Gasteiger partial charge in [-0.05, 0) is 30.5 Å². The summed E-state index contributed by atoms with van der Waals surface area (Å²) < 4.78 is 10.7. The Bertz CT molecular complexity index is 493. The summed E-state index contributed by atoms with van der Waals surface area (Å²) in [7, 11) is 5.51. The fraction of sp³-hybridized carbons (Fsp3) is 0.625. The van der Waals surface area contributed by atoms with Crippen LogP contribution in [0, 0.1) is 0 Å². The van der Waals surface area contributed by atoms with Crippen molar-refractivity contribution in [2.24, 2.45) is 0 Å². The van der Waals surface area contributed by atoms with Crippen molar-refractivity contribution in [1.29, 1.82) is 0 Å². The van der Waals surface area contributed by atoms with Crippen LogP contribution in [0.15, 0.2) is 18.3 Å². The third-order valence-corrected chi connectivity index (χ3v) is 3.78. The first kappa shape index (κ1) is 16.7. The van der Waals surface area contributed by atoms with E-state index < -0.39 is 0 Å². The lowest BCUT2D eigenvalue weighted by Gasteiger charge is -2.33. The fourth-order valence-electron chi connectivity index (χ4n) is 2.52. The highest BCUT2D eigenvalue weighted by atomic mass is 16.5. The van der Waals surface area contributed by atoms with Gasteiger partial charge >= 0.3 is 0 Å². The molecule has 2 heterocycles. The van der Waals surface area contributed by atoms with Crippen molar-refractivity contribution in [3.63, 3.8) is 0 Å². The summed E-state index contributed by atoms with van der Waals surface area (Å²) in [6, 6.07) is 4.13. The molecule has 0 aliphatic carbocycles. The Morgan fingerprint density at radius 3 is 3.09 bits per heavy atom. The molecule has 0 unspecified atom stereocenters. The quantitative estimate of drug-likeness (QED) is 0.783. The molecular formula is C16H25N3O3. The molecule has 1 aromatic rings. The van der Waals surface area contributed by atoms with Crippen molar-refractivity contribution in [3.05, 3.63) is 23.9 Å². The molecule has 6 heteroatoms. The van der Waals surface area contributed by atoms with Crippen LogP contribution in [0.2, 0.25) is 0 Å². The van der Waals surface area contributed by atoms with Crippen LogP contribution in [0.5, 0.6) is 0 Å². The Morgan fingerprint density at radius 2 is 2.36 bits per heavy atom. The lowest BCUT2D eigenvalue weighted by Crippen LogP contribution is -2.47. The number of aryl methyl sites for hydroxylation is 1. The molecule has 0 saturated carbocycles. The van der Waals surface area contributed by atoms with Crippen LogP contribution in [0.4, 0.5) is 5.82 Å². The monoisotopic (exact) mass is 307 g/mol. The molecule has 6 nitrogen and oxygen atoms in total. The minimum atomic E-state index is 0.0367. The smallest absolute Gasteiger partial charge is 0.248 e. The van der Waals surface area contributed by atoms with Gasteiger partial charge in [0, 0.05) is 40.5 Å². The van der Waals surface area contributed by atoms with E-state index in [9.17, 15) is 4.79 Å². The molecule has 122 valence electrons. The standard InChI is InChI=1S/C16H25N3O3/c1-18(2)15-10-13(6-7-17-15)4-5-14-11-19(8-9-22-14)16(20)12-21-3/h6-7,10,14H,4-5,8-9,11-12H2,1-3H3/t14-/m1/s1. The number of carbonyl (C=O) groups is 1. The average molecular weight is 307 g/mol. The summed E-state index contributed by atoms with van der Waals surface area (Å²) >= 11 is 0. The summed E-state index contributed by atoms with van der Waals surface area (Å²) in [5.74, 6) is 0.994. The van der Waals surface area contributed by atoms with E-state index in [4.69, 9.17) is 9.47 Å². The van der Waals surface area contributed by atoms with Crippen molar-refractivity contribution in [2.45, 2.75) is 18.9 Å². The number of pyridine rings is 1. The number of morpholine rings is 1. The second-order valence-corrected chi connectivity index (χ2v) is 5.72. The zero-order chi connectivity index (χ0) is 15.9. The Labute approximate surface area is 132 Å². The third-order valence-electron chi connectivity index (χ3n) is 3.78. The van der Waals surface area contributed by atoms with Gasteiger partial charge in [-0.3, -0.25) is 4.79 Å². The number of carbonyl (C=O) groups excluding carboxylic acids is 1. The maximum absolute atomic E-state index is 11.9. The van der Waals surface area contributed by atoms with Gasteiger partial charge in [-0.2, -0.15) is 0 Å². The number of hydrogen-bond donors (Lipinski definition) is 0. The molecule has 0 radical (unpaired) electrons. The van der Waals surface area contributed by atoms with Gasteiger partial charge in [0.05, 0.1) is 12.7 Å². The Hall–Kier alpha value is -1.66. The molecule has 0 N–H and O–H groups in total. The normalized spacial score (nSPS) is 18.3. The number of methoxy groups -OCH3 is 1. The largest absolute Gasteiger partial charge is 0.375 e. The van der Waals surface area contributed by atoms with E-state index in [-0.39, 0.29) is 18.6 Å². The highest BCUT2D eigenvalue weighted by Gasteiger charge is 2.23. The number of anilines is 1. The first-order valence-corrected chi connectivity index (χ1v) is 7.60. The van der Waals surface area contributed by atoms with E-state index in [0.717, 1.165) is 18.7 Å². The van der Waals surface area contributed by atoms with Gasteiger partial charge in [0.25, 0.3) is 0 Å². The molecule has 1 aliphatic rings. The summed E-state index contributed by atoms with van der Waals surface area (Å²) in [5.41, 5.74) is 1.24. The number of amides is 1. The van der Waals surface area contributed by atoms with Gasteiger partial charge < -0.3 is 19.3 Å². The zero-order valence-corrected chi connectivity index (χ0v) is 13.6. The van der Waals surface area contributed by atoms with Crippen molar-refractivity contribution >= 4 is 11.7 Å². The van der Waals surface area contributed by atoms with E-state index in [1.54, 1.807) is 7.11 Å². The van der Waals surface area contributed by atoms with E-state index >= 15 is 0 Å². The summed E-state index contributed by atoms with van der Waals surface area (Å²) in [4.78, 5) is 20.0. The van der Waals surface area contributed by atoms with Crippen LogP contribution in [0.3, 0.4) is 0 Å². The molecule has 1 atom stereocenters. The number of nitrogens with zero attached hydrogens (tertiary/aromatic N) is 3. The van der Waals surface area contributed by atoms with Crippen LogP contribution in [0.1, 0.15) is 12.0 Å². The van der Waals surface area contributed by atoms with Gasteiger partial charge in [0.15, 0.2) is 0 Å². The summed E-state index contributed by atoms with van der Waals surface area (Å²) in [6.07, 6.45) is 3.74. The predicted octanol–water partition coefficient (Wildman–Crippen LogP) is 0.954. The van der Waals surface area contributed by atoms with Crippen molar-refractivity contribution in [1.82, 2.24) is 9.88 Å². The molecule has 1 aromatic heterocycles. The van der Waals surface area contributed by atoms with E-state index in [0.29, 0.717) is 19.7 Å². The SMILES string of the molecule is COCC(=O)N1CCO[C@H](CCc2ccnc(N(C)C)c2)C1. The lowest BCUT2D eigenvalue weighted by atomic mass is 10.1. The van der Waals surface area contributed by atoms with Gasteiger partial charge in [-0.25, -0.2) is 4.98 Å². The maximum atomic E-state index is 11.9. The van der Waals surface area contributed by atoms with E-state index in [1.165, 1.54) is 5.56 Å². The fourth-order valence-corrected chi connectivity index (χ4v) is 2.52. The van der Waals surface area contributed by atoms with Crippen LogP contribution < -0.4 is 4.90 Å². The summed E-state index contributed by atoms with van der Waals surface area (Å²) in [5, 5.41) is 0. The second-order valence-electron chi connectivity index (χ2n) is 5.72. The van der Waals surface area contributed by atoms with Crippen LogP contribution in [-0.2, 0) is 20.7 Å². The van der Waals surface area contributed by atoms with Crippen LogP contribution in [-0.4, -0.2) is 69.4 Å². The van der Waals surface area contributed by atoms with Gasteiger partial charge in [0.1, 0.15) is 12.4 Å². The van der Waals surface area contributed by atoms with Crippen molar-refractivity contribution in [3.8, 4) is 0 Å². The molecule has 2 rings (SSSR count). The zero-order valence-electron chi connectivity index (χ0n) is 13.6. The number of aromatic nitrogens is 1. The molecule has 1 saturated heterocycles. The first-order valence-electron chi connectivity index (χ1n) is 7.60. The number of rotatable bonds is 6. The van der Waals surface area contributed by atoms with E-state index in [1.807, 2.05) is 36.2 Å². The Morgan fingerprint density at radius 1 is 1.55 bits per heavy atom.